The van der Waals surface area contributed by atoms with Gasteiger partial charge in [-0.1, -0.05) is 46.0 Å². The average molecular weight is 280 g/mol. The van der Waals surface area contributed by atoms with Gasteiger partial charge in [0, 0.05) is 13.1 Å². The predicted octanol–water partition coefficient (Wildman–Crippen LogP) is 4.06. The van der Waals surface area contributed by atoms with Gasteiger partial charge >= 0.3 is 0 Å². The first-order valence-corrected chi connectivity index (χ1v) is 9.13. The van der Waals surface area contributed by atoms with Gasteiger partial charge in [-0.3, -0.25) is 0 Å². The van der Waals surface area contributed by atoms with E-state index in [1.54, 1.807) is 0 Å². The molecule has 0 atom stereocenters. The van der Waals surface area contributed by atoms with Crippen molar-refractivity contribution in [1.29, 1.82) is 0 Å². The zero-order valence-corrected chi connectivity index (χ0v) is 13.9. The summed E-state index contributed by atoms with van der Waals surface area (Å²) in [6.45, 7) is 11.1. The maximum Gasteiger partial charge on any atom is 0.00501 e. The molecule has 0 spiro atoms. The number of likely N-dealkylation sites (tertiary alicyclic amines) is 1. The molecule has 0 aromatic heterocycles. The lowest BCUT2D eigenvalue weighted by molar-refractivity contribution is 0.110. The Kier molecular flexibility index (Phi) is 6.83. The third-order valence-electron chi connectivity index (χ3n) is 5.22. The van der Waals surface area contributed by atoms with Crippen molar-refractivity contribution >= 4 is 0 Å². The standard InChI is InChI=1S/C18H36N2/c1-17(2)14-19-15-18(10-6-3-4-7-11-18)16-20-12-8-5-9-13-20/h17,19H,3-16H2,1-2H3. The van der Waals surface area contributed by atoms with Gasteiger partial charge in [-0.2, -0.15) is 0 Å². The number of hydrogen-bond acceptors (Lipinski definition) is 2. The van der Waals surface area contributed by atoms with Crippen LogP contribution in [0.3, 0.4) is 0 Å². The second-order valence-electron chi connectivity index (χ2n) is 7.78. The van der Waals surface area contributed by atoms with Crippen molar-refractivity contribution in [3.63, 3.8) is 0 Å². The monoisotopic (exact) mass is 280 g/mol. The molecule has 1 saturated carbocycles. The van der Waals surface area contributed by atoms with Crippen molar-refractivity contribution in [1.82, 2.24) is 10.2 Å². The van der Waals surface area contributed by atoms with E-state index in [9.17, 15) is 0 Å². The van der Waals surface area contributed by atoms with E-state index in [0.29, 0.717) is 5.41 Å². The first-order valence-electron chi connectivity index (χ1n) is 9.13. The van der Waals surface area contributed by atoms with Crippen LogP contribution in [0.5, 0.6) is 0 Å². The Morgan fingerprint density at radius 3 is 2.10 bits per heavy atom. The van der Waals surface area contributed by atoms with Crippen LogP contribution in [0.4, 0.5) is 0 Å². The Hall–Kier alpha value is -0.0800. The van der Waals surface area contributed by atoms with Crippen LogP contribution in [0.1, 0.15) is 71.6 Å². The van der Waals surface area contributed by atoms with Crippen LogP contribution in [-0.4, -0.2) is 37.6 Å². The van der Waals surface area contributed by atoms with E-state index in [4.69, 9.17) is 0 Å². The largest absolute Gasteiger partial charge is 0.316 e. The number of nitrogens with zero attached hydrogens (tertiary/aromatic N) is 1. The fourth-order valence-corrected chi connectivity index (χ4v) is 4.09. The normalized spacial score (nSPS) is 24.8. The van der Waals surface area contributed by atoms with Crippen molar-refractivity contribution < 1.29 is 0 Å². The zero-order chi connectivity index (χ0) is 14.3. The second kappa shape index (κ2) is 8.38. The van der Waals surface area contributed by atoms with Crippen molar-refractivity contribution in [3.05, 3.63) is 0 Å². The lowest BCUT2D eigenvalue weighted by Crippen LogP contribution is -2.46. The van der Waals surface area contributed by atoms with E-state index in [1.807, 2.05) is 0 Å². The van der Waals surface area contributed by atoms with Crippen LogP contribution in [-0.2, 0) is 0 Å². The summed E-state index contributed by atoms with van der Waals surface area (Å²) >= 11 is 0. The molecule has 0 aromatic rings. The summed E-state index contributed by atoms with van der Waals surface area (Å²) in [5.41, 5.74) is 0.572. The molecule has 0 bridgehead atoms. The van der Waals surface area contributed by atoms with Crippen molar-refractivity contribution in [2.45, 2.75) is 71.6 Å². The van der Waals surface area contributed by atoms with Gasteiger partial charge in [-0.15, -0.1) is 0 Å². The van der Waals surface area contributed by atoms with E-state index in [2.05, 4.69) is 24.1 Å². The highest BCUT2D eigenvalue weighted by Gasteiger charge is 2.32. The highest BCUT2D eigenvalue weighted by atomic mass is 15.1. The van der Waals surface area contributed by atoms with Crippen molar-refractivity contribution in [2.24, 2.45) is 11.3 Å². The van der Waals surface area contributed by atoms with Gasteiger partial charge in [0.2, 0.25) is 0 Å². The van der Waals surface area contributed by atoms with Gasteiger partial charge < -0.3 is 10.2 Å². The molecule has 2 fully saturated rings. The maximum atomic E-state index is 3.79. The maximum absolute atomic E-state index is 3.79. The molecule has 1 heterocycles. The van der Waals surface area contributed by atoms with Crippen LogP contribution in [0, 0.1) is 11.3 Å². The first kappa shape index (κ1) is 16.3. The van der Waals surface area contributed by atoms with Gasteiger partial charge in [0.1, 0.15) is 0 Å². The molecule has 20 heavy (non-hydrogen) atoms. The Bertz CT molecular complexity index is 248. The molecule has 1 aliphatic heterocycles. The minimum Gasteiger partial charge on any atom is -0.316 e. The Morgan fingerprint density at radius 2 is 1.50 bits per heavy atom. The fourth-order valence-electron chi connectivity index (χ4n) is 4.09. The smallest absolute Gasteiger partial charge is 0.00501 e. The quantitative estimate of drug-likeness (QED) is 0.738. The Morgan fingerprint density at radius 1 is 0.900 bits per heavy atom. The van der Waals surface area contributed by atoms with Gasteiger partial charge in [-0.25, -0.2) is 0 Å². The predicted molar refractivity (Wildman–Crippen MR) is 88.1 cm³/mol. The molecule has 2 rings (SSSR count). The summed E-state index contributed by atoms with van der Waals surface area (Å²) in [4.78, 5) is 2.77. The number of hydrogen-bond donors (Lipinski definition) is 1. The summed E-state index contributed by atoms with van der Waals surface area (Å²) in [5, 5.41) is 3.79. The lowest BCUT2D eigenvalue weighted by atomic mass is 9.79. The molecular weight excluding hydrogens is 244 g/mol. The third-order valence-corrected chi connectivity index (χ3v) is 5.22. The molecule has 2 heteroatoms. The number of nitrogens with one attached hydrogen (secondary N) is 1. The molecule has 0 radical (unpaired) electrons. The van der Waals surface area contributed by atoms with Gasteiger partial charge in [0.25, 0.3) is 0 Å². The summed E-state index contributed by atoms with van der Waals surface area (Å²) in [6.07, 6.45) is 13.1. The SMILES string of the molecule is CC(C)CNCC1(CN2CCCCC2)CCCCCC1. The topological polar surface area (TPSA) is 15.3 Å². The van der Waals surface area contributed by atoms with Crippen LogP contribution >= 0.6 is 0 Å². The van der Waals surface area contributed by atoms with Crippen molar-refractivity contribution in [2.75, 3.05) is 32.7 Å². The molecule has 2 aliphatic rings. The summed E-state index contributed by atoms with van der Waals surface area (Å²) < 4.78 is 0. The molecular formula is C18H36N2. The van der Waals surface area contributed by atoms with Crippen LogP contribution in [0.25, 0.3) is 0 Å². The minimum atomic E-state index is 0.572. The van der Waals surface area contributed by atoms with E-state index in [1.165, 1.54) is 90.5 Å². The number of piperidine rings is 1. The molecule has 0 unspecified atom stereocenters. The zero-order valence-electron chi connectivity index (χ0n) is 13.9. The highest BCUT2D eigenvalue weighted by molar-refractivity contribution is 4.87. The summed E-state index contributed by atoms with van der Waals surface area (Å²) in [6, 6.07) is 0. The van der Waals surface area contributed by atoms with Gasteiger partial charge in [0.15, 0.2) is 0 Å². The number of rotatable bonds is 6. The van der Waals surface area contributed by atoms with Crippen LogP contribution in [0.2, 0.25) is 0 Å². The molecule has 1 N–H and O–H groups in total. The molecule has 0 amide bonds. The summed E-state index contributed by atoms with van der Waals surface area (Å²) in [7, 11) is 0. The summed E-state index contributed by atoms with van der Waals surface area (Å²) in [5.74, 6) is 0.771. The van der Waals surface area contributed by atoms with Crippen LogP contribution in [0.15, 0.2) is 0 Å². The van der Waals surface area contributed by atoms with E-state index in [-0.39, 0.29) is 0 Å². The van der Waals surface area contributed by atoms with Crippen LogP contribution < -0.4 is 5.32 Å². The molecule has 1 aliphatic carbocycles. The minimum absolute atomic E-state index is 0.572. The Balaban J connectivity index is 1.90. The second-order valence-corrected chi connectivity index (χ2v) is 7.78. The van der Waals surface area contributed by atoms with E-state index >= 15 is 0 Å². The first-order chi connectivity index (χ1) is 9.70. The van der Waals surface area contributed by atoms with Gasteiger partial charge in [0.05, 0.1) is 0 Å². The molecule has 2 nitrogen and oxygen atoms in total. The fraction of sp³-hybridized carbons (Fsp3) is 1.00. The molecule has 0 aromatic carbocycles. The highest BCUT2D eigenvalue weighted by Crippen LogP contribution is 2.36. The molecule has 118 valence electrons. The average Bonchev–Trinajstić information content (AvgIpc) is 2.65. The lowest BCUT2D eigenvalue weighted by Gasteiger charge is -2.40. The Labute approximate surface area is 126 Å². The molecule has 1 saturated heterocycles. The van der Waals surface area contributed by atoms with Crippen molar-refractivity contribution in [3.8, 4) is 0 Å². The third kappa shape index (κ3) is 5.37. The van der Waals surface area contributed by atoms with E-state index < -0.39 is 0 Å². The van der Waals surface area contributed by atoms with E-state index in [0.717, 1.165) is 5.92 Å². The van der Waals surface area contributed by atoms with Gasteiger partial charge in [-0.05, 0) is 56.7 Å².